The maximum atomic E-state index is 12.4. The number of nitrogens with zero attached hydrogens (tertiary/aromatic N) is 3. The summed E-state index contributed by atoms with van der Waals surface area (Å²) in [5, 5.41) is 5.68. The summed E-state index contributed by atoms with van der Waals surface area (Å²) >= 11 is 0. The average Bonchev–Trinajstić information content (AvgIpc) is 3.04. The van der Waals surface area contributed by atoms with Gasteiger partial charge in [0.1, 0.15) is 0 Å². The summed E-state index contributed by atoms with van der Waals surface area (Å²) in [7, 11) is 1.62. The first-order valence-electron chi connectivity index (χ1n) is 8.21. The van der Waals surface area contributed by atoms with E-state index in [2.05, 4.69) is 25.5 Å². The predicted molar refractivity (Wildman–Crippen MR) is 92.6 cm³/mol. The molecule has 2 N–H and O–H groups in total. The number of carbonyl (C=O) groups excluding carboxylic acids is 2. The molecule has 2 aromatic heterocycles. The van der Waals surface area contributed by atoms with Gasteiger partial charge in [0.15, 0.2) is 0 Å². The van der Waals surface area contributed by atoms with Gasteiger partial charge in [-0.3, -0.25) is 24.5 Å². The molecule has 2 aromatic rings. The van der Waals surface area contributed by atoms with Crippen molar-refractivity contribution in [3.8, 4) is 0 Å². The van der Waals surface area contributed by atoms with Gasteiger partial charge in [-0.05, 0) is 29.8 Å². The molecule has 0 aliphatic carbocycles. The van der Waals surface area contributed by atoms with E-state index in [9.17, 15) is 9.59 Å². The molecule has 2 atom stereocenters. The largest absolute Gasteiger partial charge is 0.359 e. The van der Waals surface area contributed by atoms with Crippen LogP contribution in [-0.4, -0.2) is 52.9 Å². The van der Waals surface area contributed by atoms with Crippen LogP contribution >= 0.6 is 0 Å². The standard InChI is InChI=1S/C18H21N5O2/c1-19-18(25)15-11-23(10-13-4-7-20-8-5-13)12-16(15)22-17(24)14-3-2-6-21-9-14/h2-9,15-16H,10-12H2,1H3,(H,19,25)(H,22,24)/t15-,16-/m0/s1. The van der Waals surface area contributed by atoms with Gasteiger partial charge in [-0.15, -0.1) is 0 Å². The van der Waals surface area contributed by atoms with E-state index >= 15 is 0 Å². The lowest BCUT2D eigenvalue weighted by Gasteiger charge is -2.18. The zero-order chi connectivity index (χ0) is 17.6. The summed E-state index contributed by atoms with van der Waals surface area (Å²) in [5.41, 5.74) is 1.62. The van der Waals surface area contributed by atoms with E-state index in [-0.39, 0.29) is 23.8 Å². The Kier molecular flexibility index (Phi) is 5.35. The molecule has 130 valence electrons. The Morgan fingerprint density at radius 1 is 1.16 bits per heavy atom. The molecule has 0 spiro atoms. The van der Waals surface area contributed by atoms with Gasteiger partial charge in [-0.2, -0.15) is 0 Å². The van der Waals surface area contributed by atoms with Gasteiger partial charge in [-0.25, -0.2) is 0 Å². The van der Waals surface area contributed by atoms with Crippen molar-refractivity contribution in [2.24, 2.45) is 5.92 Å². The minimum atomic E-state index is -0.285. The molecular weight excluding hydrogens is 318 g/mol. The Bertz CT molecular complexity index is 723. The first-order valence-corrected chi connectivity index (χ1v) is 8.21. The first kappa shape index (κ1) is 17.0. The van der Waals surface area contributed by atoms with Crippen molar-refractivity contribution in [3.63, 3.8) is 0 Å². The lowest BCUT2D eigenvalue weighted by Crippen LogP contribution is -2.45. The number of hydrogen-bond donors (Lipinski definition) is 2. The third-order valence-electron chi connectivity index (χ3n) is 4.37. The molecule has 0 bridgehead atoms. The summed E-state index contributed by atoms with van der Waals surface area (Å²) in [5.74, 6) is -0.557. The van der Waals surface area contributed by atoms with Crippen LogP contribution in [0.2, 0.25) is 0 Å². The quantitative estimate of drug-likeness (QED) is 0.826. The predicted octanol–water partition coefficient (Wildman–Crippen LogP) is 0.453. The van der Waals surface area contributed by atoms with Crippen LogP contribution in [0.5, 0.6) is 0 Å². The minimum Gasteiger partial charge on any atom is -0.359 e. The molecule has 1 aliphatic rings. The second-order valence-electron chi connectivity index (χ2n) is 6.09. The van der Waals surface area contributed by atoms with Gasteiger partial charge in [0.2, 0.25) is 5.91 Å². The molecule has 7 nitrogen and oxygen atoms in total. The van der Waals surface area contributed by atoms with Crippen molar-refractivity contribution < 1.29 is 9.59 Å². The van der Waals surface area contributed by atoms with Gasteiger partial charge in [-0.1, -0.05) is 0 Å². The Labute approximate surface area is 146 Å². The van der Waals surface area contributed by atoms with Crippen LogP contribution in [0, 0.1) is 5.92 Å². The van der Waals surface area contributed by atoms with Gasteiger partial charge in [0.25, 0.3) is 5.91 Å². The Morgan fingerprint density at radius 3 is 2.64 bits per heavy atom. The van der Waals surface area contributed by atoms with Crippen LogP contribution < -0.4 is 10.6 Å². The number of nitrogens with one attached hydrogen (secondary N) is 2. The fraction of sp³-hybridized carbons (Fsp3) is 0.333. The SMILES string of the molecule is CNC(=O)[C@H]1CN(Cc2ccncc2)C[C@@H]1NC(=O)c1cccnc1. The highest BCUT2D eigenvalue weighted by Crippen LogP contribution is 2.20. The molecule has 1 saturated heterocycles. The number of amides is 2. The van der Waals surface area contributed by atoms with E-state index in [1.165, 1.54) is 6.20 Å². The highest BCUT2D eigenvalue weighted by molar-refractivity contribution is 5.94. The van der Waals surface area contributed by atoms with Crippen LogP contribution in [0.25, 0.3) is 0 Å². The first-order chi connectivity index (χ1) is 12.2. The number of carbonyl (C=O) groups is 2. The van der Waals surface area contributed by atoms with E-state index in [1.807, 2.05) is 12.1 Å². The molecule has 25 heavy (non-hydrogen) atoms. The number of likely N-dealkylation sites (tertiary alicyclic amines) is 1. The highest BCUT2D eigenvalue weighted by atomic mass is 16.2. The number of rotatable bonds is 5. The summed E-state index contributed by atoms with van der Waals surface area (Å²) < 4.78 is 0. The summed E-state index contributed by atoms with van der Waals surface area (Å²) in [4.78, 5) is 34.8. The second kappa shape index (κ2) is 7.85. The van der Waals surface area contributed by atoms with Crippen LogP contribution in [0.15, 0.2) is 49.1 Å². The van der Waals surface area contributed by atoms with Crippen molar-refractivity contribution in [1.82, 2.24) is 25.5 Å². The third-order valence-corrected chi connectivity index (χ3v) is 4.37. The van der Waals surface area contributed by atoms with E-state index in [0.717, 1.165) is 12.1 Å². The molecule has 3 heterocycles. The van der Waals surface area contributed by atoms with Crippen molar-refractivity contribution in [3.05, 3.63) is 60.2 Å². The van der Waals surface area contributed by atoms with E-state index in [0.29, 0.717) is 18.7 Å². The minimum absolute atomic E-state index is 0.0614. The molecule has 1 aliphatic heterocycles. The smallest absolute Gasteiger partial charge is 0.253 e. The Morgan fingerprint density at radius 2 is 1.96 bits per heavy atom. The zero-order valence-electron chi connectivity index (χ0n) is 14.1. The van der Waals surface area contributed by atoms with Crippen molar-refractivity contribution >= 4 is 11.8 Å². The van der Waals surface area contributed by atoms with E-state index in [1.54, 1.807) is 37.8 Å². The van der Waals surface area contributed by atoms with Gasteiger partial charge in [0.05, 0.1) is 17.5 Å². The molecule has 1 fully saturated rings. The van der Waals surface area contributed by atoms with Gasteiger partial charge >= 0.3 is 0 Å². The summed E-state index contributed by atoms with van der Waals surface area (Å²) in [6, 6.07) is 7.10. The average molecular weight is 339 g/mol. The lowest BCUT2D eigenvalue weighted by atomic mass is 10.0. The van der Waals surface area contributed by atoms with E-state index in [4.69, 9.17) is 0 Å². The number of pyridine rings is 2. The maximum Gasteiger partial charge on any atom is 0.253 e. The lowest BCUT2D eigenvalue weighted by molar-refractivity contribution is -0.124. The molecule has 7 heteroatoms. The molecule has 0 unspecified atom stereocenters. The van der Waals surface area contributed by atoms with E-state index < -0.39 is 0 Å². The molecule has 0 radical (unpaired) electrons. The molecule has 0 saturated carbocycles. The fourth-order valence-corrected chi connectivity index (χ4v) is 3.11. The maximum absolute atomic E-state index is 12.4. The second-order valence-corrected chi connectivity index (χ2v) is 6.09. The molecule has 0 aromatic carbocycles. The number of hydrogen-bond acceptors (Lipinski definition) is 5. The highest BCUT2D eigenvalue weighted by Gasteiger charge is 2.38. The molecule has 2 amide bonds. The van der Waals surface area contributed by atoms with Gasteiger partial charge in [0, 0.05) is 51.5 Å². The fourth-order valence-electron chi connectivity index (χ4n) is 3.11. The van der Waals surface area contributed by atoms with Crippen LogP contribution in [0.1, 0.15) is 15.9 Å². The van der Waals surface area contributed by atoms with Crippen LogP contribution in [0.3, 0.4) is 0 Å². The number of aromatic nitrogens is 2. The monoisotopic (exact) mass is 339 g/mol. The zero-order valence-corrected chi connectivity index (χ0v) is 14.1. The summed E-state index contributed by atoms with van der Waals surface area (Å²) in [6.07, 6.45) is 6.65. The van der Waals surface area contributed by atoms with Crippen molar-refractivity contribution in [1.29, 1.82) is 0 Å². The van der Waals surface area contributed by atoms with Gasteiger partial charge < -0.3 is 10.6 Å². The normalized spacial score (nSPS) is 20.2. The van der Waals surface area contributed by atoms with Crippen molar-refractivity contribution in [2.45, 2.75) is 12.6 Å². The third kappa shape index (κ3) is 4.19. The topological polar surface area (TPSA) is 87.2 Å². The van der Waals surface area contributed by atoms with Crippen LogP contribution in [0.4, 0.5) is 0 Å². The molecular formula is C18H21N5O2. The summed E-state index contributed by atoms with van der Waals surface area (Å²) in [6.45, 7) is 1.93. The van der Waals surface area contributed by atoms with Crippen LogP contribution in [-0.2, 0) is 11.3 Å². The molecule has 3 rings (SSSR count). The van der Waals surface area contributed by atoms with Crippen molar-refractivity contribution in [2.75, 3.05) is 20.1 Å². The Hall–Kier alpha value is -2.80. The Balaban J connectivity index is 1.69.